The first-order valence-corrected chi connectivity index (χ1v) is 8.91. The fourth-order valence-electron chi connectivity index (χ4n) is 2.68. The monoisotopic (exact) mass is 357 g/mol. The number of benzene rings is 1. The van der Waals surface area contributed by atoms with Gasteiger partial charge in [-0.15, -0.1) is 0 Å². The highest BCUT2D eigenvalue weighted by Crippen LogP contribution is 2.26. The summed E-state index contributed by atoms with van der Waals surface area (Å²) in [4.78, 5) is 11.2. The Balaban J connectivity index is 2.74. The molecule has 1 heterocycles. The van der Waals surface area contributed by atoms with Crippen molar-refractivity contribution in [2.75, 3.05) is 14.1 Å². The molecule has 0 unspecified atom stereocenters. The maximum Gasteiger partial charge on any atom is 0.0900 e. The Labute approximate surface area is 162 Å². The lowest BCUT2D eigenvalue weighted by molar-refractivity contribution is 0.589. The van der Waals surface area contributed by atoms with Crippen molar-refractivity contribution in [2.24, 2.45) is 4.99 Å². The molecule has 0 N–H and O–H groups in total. The summed E-state index contributed by atoms with van der Waals surface area (Å²) in [6.45, 7) is 11.7. The SMILES string of the molecule is C=CN=C(C=C)c1cc(-c2ccc(C)cc2)cc(/C(=C/C=C\C)N(C)C)n1. The van der Waals surface area contributed by atoms with E-state index in [1.165, 1.54) is 11.8 Å². The van der Waals surface area contributed by atoms with Crippen molar-refractivity contribution in [1.29, 1.82) is 0 Å². The number of hydrogen-bond acceptors (Lipinski definition) is 3. The van der Waals surface area contributed by atoms with E-state index in [1.54, 1.807) is 6.08 Å². The van der Waals surface area contributed by atoms with E-state index in [0.29, 0.717) is 5.71 Å². The van der Waals surface area contributed by atoms with Crippen LogP contribution < -0.4 is 0 Å². The minimum Gasteiger partial charge on any atom is -0.376 e. The van der Waals surface area contributed by atoms with E-state index in [4.69, 9.17) is 4.98 Å². The molecule has 0 aliphatic heterocycles. The third-order valence-corrected chi connectivity index (χ3v) is 4.09. The summed E-state index contributed by atoms with van der Waals surface area (Å²) in [6, 6.07) is 12.6. The maximum atomic E-state index is 4.85. The largest absolute Gasteiger partial charge is 0.376 e. The molecular weight excluding hydrogens is 330 g/mol. The van der Waals surface area contributed by atoms with Crippen LogP contribution in [-0.2, 0) is 0 Å². The number of nitrogens with zero attached hydrogens (tertiary/aromatic N) is 3. The summed E-state index contributed by atoms with van der Waals surface area (Å²) in [7, 11) is 4.03. The van der Waals surface area contributed by atoms with Crippen LogP contribution in [0, 0.1) is 6.92 Å². The highest BCUT2D eigenvalue weighted by molar-refractivity contribution is 6.08. The molecule has 0 saturated heterocycles. The summed E-state index contributed by atoms with van der Waals surface area (Å²) in [5.41, 5.74) is 6.82. The highest BCUT2D eigenvalue weighted by Gasteiger charge is 2.12. The van der Waals surface area contributed by atoms with Gasteiger partial charge in [0.2, 0.25) is 0 Å². The van der Waals surface area contributed by atoms with Gasteiger partial charge in [-0.3, -0.25) is 4.99 Å². The smallest absolute Gasteiger partial charge is 0.0900 e. The summed E-state index contributed by atoms with van der Waals surface area (Å²) >= 11 is 0. The Morgan fingerprint density at radius 2 is 1.70 bits per heavy atom. The number of hydrogen-bond donors (Lipinski definition) is 0. The molecular formula is C24H27N3. The fraction of sp³-hybridized carbons (Fsp3) is 0.167. The summed E-state index contributed by atoms with van der Waals surface area (Å²) in [5, 5.41) is 0. The molecule has 0 saturated carbocycles. The molecule has 0 fully saturated rings. The average Bonchev–Trinajstić information content (AvgIpc) is 2.66. The molecule has 2 aromatic rings. The topological polar surface area (TPSA) is 28.5 Å². The van der Waals surface area contributed by atoms with Gasteiger partial charge >= 0.3 is 0 Å². The van der Waals surface area contributed by atoms with Gasteiger partial charge in [-0.05, 0) is 49.3 Å². The van der Waals surface area contributed by atoms with Gasteiger partial charge in [-0.25, -0.2) is 4.98 Å². The van der Waals surface area contributed by atoms with Crippen LogP contribution in [-0.4, -0.2) is 29.7 Å². The van der Waals surface area contributed by atoms with Crippen molar-refractivity contribution in [2.45, 2.75) is 13.8 Å². The zero-order valence-corrected chi connectivity index (χ0v) is 16.6. The van der Waals surface area contributed by atoms with Crippen molar-refractivity contribution in [3.8, 4) is 11.1 Å². The predicted octanol–water partition coefficient (Wildman–Crippen LogP) is 5.65. The van der Waals surface area contributed by atoms with Gasteiger partial charge in [0.1, 0.15) is 0 Å². The number of aryl methyl sites for hydroxylation is 1. The summed E-state index contributed by atoms with van der Waals surface area (Å²) < 4.78 is 0. The molecule has 0 bridgehead atoms. The van der Waals surface area contributed by atoms with E-state index in [9.17, 15) is 0 Å². The zero-order chi connectivity index (χ0) is 19.8. The maximum absolute atomic E-state index is 4.85. The van der Waals surface area contributed by atoms with Gasteiger partial charge < -0.3 is 4.90 Å². The molecule has 1 aromatic heterocycles. The molecule has 138 valence electrons. The first kappa shape index (κ1) is 20.1. The van der Waals surface area contributed by atoms with Gasteiger partial charge in [0.25, 0.3) is 0 Å². The van der Waals surface area contributed by atoms with Crippen LogP contribution >= 0.6 is 0 Å². The standard InChI is InChI=1S/C24H27N3/c1-7-10-11-24(27(5)6)23-17-20(19-14-12-18(4)13-15-19)16-22(26-23)21(8-2)25-9-3/h7-17H,2-3H2,1,4-6H3/b10-7-,24-11-,25-21?. The fourth-order valence-corrected chi connectivity index (χ4v) is 2.68. The van der Waals surface area contributed by atoms with Crippen molar-refractivity contribution < 1.29 is 0 Å². The van der Waals surface area contributed by atoms with Crippen LogP contribution in [0.25, 0.3) is 16.8 Å². The number of pyridine rings is 1. The van der Waals surface area contributed by atoms with E-state index in [0.717, 1.165) is 28.2 Å². The van der Waals surface area contributed by atoms with Gasteiger partial charge in [0.05, 0.1) is 22.8 Å². The third-order valence-electron chi connectivity index (χ3n) is 4.09. The van der Waals surface area contributed by atoms with Gasteiger partial charge in [-0.1, -0.05) is 55.1 Å². The van der Waals surface area contributed by atoms with Gasteiger partial charge in [0, 0.05) is 20.3 Å². The van der Waals surface area contributed by atoms with Crippen LogP contribution in [0.5, 0.6) is 0 Å². The molecule has 3 heteroatoms. The van der Waals surface area contributed by atoms with Crippen molar-refractivity contribution in [3.05, 3.63) is 97.0 Å². The zero-order valence-electron chi connectivity index (χ0n) is 16.6. The van der Waals surface area contributed by atoms with Crippen LogP contribution in [0.3, 0.4) is 0 Å². The molecule has 0 amide bonds. The van der Waals surface area contributed by atoms with E-state index in [1.807, 2.05) is 39.2 Å². The first-order chi connectivity index (χ1) is 13.0. The quantitative estimate of drug-likeness (QED) is 0.473. The minimum absolute atomic E-state index is 0.698. The summed E-state index contributed by atoms with van der Waals surface area (Å²) in [6.07, 6.45) is 9.30. The Kier molecular flexibility index (Phi) is 7.07. The normalized spacial score (nSPS) is 12.3. The molecule has 27 heavy (non-hydrogen) atoms. The summed E-state index contributed by atoms with van der Waals surface area (Å²) in [5.74, 6) is 0. The minimum atomic E-state index is 0.698. The highest BCUT2D eigenvalue weighted by atomic mass is 15.1. The van der Waals surface area contributed by atoms with E-state index >= 15 is 0 Å². The lowest BCUT2D eigenvalue weighted by atomic mass is 10.0. The Hall–Kier alpha value is -3.20. The number of rotatable bonds is 7. The molecule has 0 aliphatic rings. The average molecular weight is 358 g/mol. The third kappa shape index (κ3) is 5.14. The molecule has 0 radical (unpaired) electrons. The second-order valence-electron chi connectivity index (χ2n) is 6.37. The van der Waals surface area contributed by atoms with Crippen LogP contribution in [0.1, 0.15) is 23.9 Å². The molecule has 2 rings (SSSR count). The van der Waals surface area contributed by atoms with Crippen LogP contribution in [0.15, 0.2) is 85.1 Å². The number of allylic oxidation sites excluding steroid dienone is 4. The second-order valence-corrected chi connectivity index (χ2v) is 6.37. The van der Waals surface area contributed by atoms with Gasteiger partial charge in [0.15, 0.2) is 0 Å². The molecule has 0 atom stereocenters. The Morgan fingerprint density at radius 1 is 1.04 bits per heavy atom. The van der Waals surface area contributed by atoms with Crippen LogP contribution in [0.4, 0.5) is 0 Å². The van der Waals surface area contributed by atoms with E-state index in [-0.39, 0.29) is 0 Å². The molecule has 0 aliphatic carbocycles. The van der Waals surface area contributed by atoms with E-state index in [2.05, 4.69) is 66.4 Å². The second kappa shape index (κ2) is 9.48. The van der Waals surface area contributed by atoms with Crippen LogP contribution in [0.2, 0.25) is 0 Å². The molecule has 3 nitrogen and oxygen atoms in total. The van der Waals surface area contributed by atoms with Crippen molar-refractivity contribution in [1.82, 2.24) is 9.88 Å². The van der Waals surface area contributed by atoms with E-state index < -0.39 is 0 Å². The van der Waals surface area contributed by atoms with Gasteiger partial charge in [-0.2, -0.15) is 0 Å². The lowest BCUT2D eigenvalue weighted by Gasteiger charge is -2.18. The molecule has 1 aromatic carbocycles. The lowest BCUT2D eigenvalue weighted by Crippen LogP contribution is -2.13. The first-order valence-electron chi connectivity index (χ1n) is 8.91. The Bertz CT molecular complexity index is 898. The van der Waals surface area contributed by atoms with Crippen molar-refractivity contribution in [3.63, 3.8) is 0 Å². The van der Waals surface area contributed by atoms with Crippen molar-refractivity contribution >= 4 is 11.4 Å². The predicted molar refractivity (Wildman–Crippen MR) is 118 cm³/mol. The molecule has 0 spiro atoms. The number of aliphatic imine (C=N–C) groups is 1. The Morgan fingerprint density at radius 3 is 2.26 bits per heavy atom. The number of aromatic nitrogens is 1.